The van der Waals surface area contributed by atoms with Crippen molar-refractivity contribution in [2.75, 3.05) is 27.1 Å². The molecule has 1 saturated carbocycles. The van der Waals surface area contributed by atoms with Crippen molar-refractivity contribution in [3.8, 4) is 0 Å². The molecule has 92 valence electrons. The first-order valence-electron chi connectivity index (χ1n) is 5.75. The van der Waals surface area contributed by atoms with Crippen LogP contribution >= 0.6 is 0 Å². The monoisotopic (exact) mass is 235 g/mol. The molecule has 0 radical (unpaired) electrons. The van der Waals surface area contributed by atoms with Gasteiger partial charge in [-0.25, -0.2) is 0 Å². The van der Waals surface area contributed by atoms with Crippen molar-refractivity contribution in [3.63, 3.8) is 0 Å². The second-order valence-corrected chi connectivity index (χ2v) is 4.49. The third kappa shape index (κ3) is 2.53. The van der Waals surface area contributed by atoms with Gasteiger partial charge in [-0.15, -0.1) is 0 Å². The Kier molecular flexibility index (Phi) is 3.86. The van der Waals surface area contributed by atoms with Gasteiger partial charge in [-0.05, 0) is 17.9 Å². The summed E-state index contributed by atoms with van der Waals surface area (Å²) in [6.45, 7) is 1.24. The third-order valence-corrected chi connectivity index (χ3v) is 3.44. The fraction of sp³-hybridized carbons (Fsp3) is 0.538. The average molecular weight is 235 g/mol. The predicted molar refractivity (Wildman–Crippen MR) is 64.7 cm³/mol. The quantitative estimate of drug-likeness (QED) is 0.414. The molecule has 0 bridgehead atoms. The van der Waals surface area contributed by atoms with E-state index in [0.29, 0.717) is 19.1 Å². The molecule has 1 fully saturated rings. The van der Waals surface area contributed by atoms with Gasteiger partial charge in [0.2, 0.25) is 0 Å². The number of rotatable bonds is 7. The molecule has 0 aliphatic heterocycles. The van der Waals surface area contributed by atoms with Crippen LogP contribution in [0, 0.1) is 10.8 Å². The maximum atomic E-state index is 10.4. The van der Waals surface area contributed by atoms with E-state index in [0.717, 1.165) is 6.42 Å². The summed E-state index contributed by atoms with van der Waals surface area (Å²) in [7, 11) is 1.60. The number of benzene rings is 1. The van der Waals surface area contributed by atoms with Crippen molar-refractivity contribution in [2.24, 2.45) is 11.1 Å². The van der Waals surface area contributed by atoms with Crippen LogP contribution in [0.4, 0.5) is 0 Å². The zero-order chi connectivity index (χ0) is 12.1. The van der Waals surface area contributed by atoms with Gasteiger partial charge in [0.15, 0.2) is 0 Å². The summed E-state index contributed by atoms with van der Waals surface area (Å²) in [5.41, 5.74) is 1.19. The highest BCUT2D eigenvalue weighted by atomic mass is 16.7. The Morgan fingerprint density at radius 2 is 2.18 bits per heavy atom. The Morgan fingerprint density at radius 1 is 1.41 bits per heavy atom. The summed E-state index contributed by atoms with van der Waals surface area (Å²) < 4.78 is 10.4. The molecule has 0 saturated heterocycles. The highest BCUT2D eigenvalue weighted by molar-refractivity contribution is 5.34. The molecule has 0 spiro atoms. The molecular formula is C13H17NO3. The highest BCUT2D eigenvalue weighted by Gasteiger charge is 2.55. The number of ether oxygens (including phenoxy) is 2. The fourth-order valence-electron chi connectivity index (χ4n) is 2.40. The molecule has 0 unspecified atom stereocenters. The molecule has 1 aliphatic carbocycles. The van der Waals surface area contributed by atoms with Crippen molar-refractivity contribution in [3.05, 3.63) is 40.8 Å². The maximum Gasteiger partial charge on any atom is 0.146 e. The van der Waals surface area contributed by atoms with Crippen LogP contribution in [0.3, 0.4) is 0 Å². The Balaban J connectivity index is 2.07. The molecule has 0 amide bonds. The summed E-state index contributed by atoms with van der Waals surface area (Å²) in [4.78, 5) is 10.4. The summed E-state index contributed by atoms with van der Waals surface area (Å²) in [5, 5.41) is 3.01. The zero-order valence-electron chi connectivity index (χ0n) is 9.96. The van der Waals surface area contributed by atoms with E-state index in [4.69, 9.17) is 9.47 Å². The molecule has 17 heavy (non-hydrogen) atoms. The minimum atomic E-state index is -0.0340. The van der Waals surface area contributed by atoms with Crippen LogP contribution in [0.1, 0.15) is 12.0 Å². The molecule has 0 heterocycles. The third-order valence-electron chi connectivity index (χ3n) is 3.44. The van der Waals surface area contributed by atoms with E-state index in [2.05, 4.69) is 17.3 Å². The van der Waals surface area contributed by atoms with Gasteiger partial charge >= 0.3 is 0 Å². The van der Waals surface area contributed by atoms with Gasteiger partial charge < -0.3 is 9.47 Å². The van der Waals surface area contributed by atoms with E-state index in [1.807, 2.05) is 18.2 Å². The van der Waals surface area contributed by atoms with E-state index in [-0.39, 0.29) is 12.2 Å². The van der Waals surface area contributed by atoms with Crippen molar-refractivity contribution in [2.45, 2.75) is 11.8 Å². The van der Waals surface area contributed by atoms with Crippen molar-refractivity contribution in [1.29, 1.82) is 0 Å². The Morgan fingerprint density at radius 3 is 2.82 bits per heavy atom. The molecular weight excluding hydrogens is 218 g/mol. The van der Waals surface area contributed by atoms with Gasteiger partial charge in [-0.3, -0.25) is 0 Å². The Bertz CT molecular complexity index is 368. The summed E-state index contributed by atoms with van der Waals surface area (Å²) in [5.74, 6) is 0.305. The number of nitroso groups, excluding NO2 is 1. The minimum absolute atomic E-state index is 0.0340. The first-order chi connectivity index (χ1) is 8.33. The lowest BCUT2D eigenvalue weighted by molar-refractivity contribution is -0.0398. The highest BCUT2D eigenvalue weighted by Crippen LogP contribution is 2.54. The zero-order valence-corrected chi connectivity index (χ0v) is 9.96. The van der Waals surface area contributed by atoms with Crippen LogP contribution in [-0.4, -0.2) is 27.1 Å². The lowest BCUT2D eigenvalue weighted by atomic mass is 9.94. The fourth-order valence-corrected chi connectivity index (χ4v) is 2.40. The second kappa shape index (κ2) is 5.38. The normalized spacial score (nSPS) is 26.8. The van der Waals surface area contributed by atoms with Gasteiger partial charge in [0.05, 0.1) is 13.2 Å². The first kappa shape index (κ1) is 12.2. The topological polar surface area (TPSA) is 47.9 Å². The second-order valence-electron chi connectivity index (χ2n) is 4.49. The van der Waals surface area contributed by atoms with Crippen molar-refractivity contribution in [1.82, 2.24) is 0 Å². The van der Waals surface area contributed by atoms with Crippen LogP contribution in [-0.2, 0) is 14.9 Å². The van der Waals surface area contributed by atoms with Crippen LogP contribution in [0.15, 0.2) is 35.5 Å². The molecule has 0 N–H and O–H groups in total. The predicted octanol–water partition coefficient (Wildman–Crippen LogP) is 2.33. The van der Waals surface area contributed by atoms with Crippen molar-refractivity contribution < 1.29 is 9.47 Å². The van der Waals surface area contributed by atoms with Crippen LogP contribution in [0.2, 0.25) is 0 Å². The molecule has 4 heteroatoms. The number of methoxy groups -OCH3 is 1. The van der Waals surface area contributed by atoms with E-state index < -0.39 is 0 Å². The Hall–Kier alpha value is -1.26. The Labute approximate surface area is 101 Å². The standard InChI is InChI=1S/C13H17NO3/c1-16-10-17-9-13(7-12(13)8-14-15)11-5-3-2-4-6-11/h2-6,12H,7-10H2,1H3/t12-,13+/m0/s1. The molecule has 0 aromatic heterocycles. The van der Waals surface area contributed by atoms with Gasteiger partial charge in [0.25, 0.3) is 0 Å². The minimum Gasteiger partial charge on any atom is -0.359 e. The van der Waals surface area contributed by atoms with Crippen LogP contribution < -0.4 is 0 Å². The summed E-state index contributed by atoms with van der Waals surface area (Å²) in [6.07, 6.45) is 0.965. The van der Waals surface area contributed by atoms with Crippen LogP contribution in [0.25, 0.3) is 0 Å². The lowest BCUT2D eigenvalue weighted by Crippen LogP contribution is -2.20. The average Bonchev–Trinajstić information content (AvgIpc) is 3.06. The first-order valence-corrected chi connectivity index (χ1v) is 5.75. The molecule has 1 aliphatic rings. The van der Waals surface area contributed by atoms with Gasteiger partial charge in [-0.1, -0.05) is 35.5 Å². The molecule has 1 aromatic carbocycles. The van der Waals surface area contributed by atoms with Gasteiger partial charge in [0, 0.05) is 12.5 Å². The molecule has 4 nitrogen and oxygen atoms in total. The van der Waals surface area contributed by atoms with Gasteiger partial charge in [0.1, 0.15) is 6.79 Å². The number of hydrogen-bond acceptors (Lipinski definition) is 4. The smallest absolute Gasteiger partial charge is 0.146 e. The summed E-state index contributed by atoms with van der Waals surface area (Å²) >= 11 is 0. The van der Waals surface area contributed by atoms with Crippen molar-refractivity contribution >= 4 is 0 Å². The molecule has 2 rings (SSSR count). The lowest BCUT2D eigenvalue weighted by Gasteiger charge is -2.17. The van der Waals surface area contributed by atoms with E-state index >= 15 is 0 Å². The molecule has 2 atom stereocenters. The molecule has 1 aromatic rings. The van der Waals surface area contributed by atoms with E-state index in [1.54, 1.807) is 7.11 Å². The van der Waals surface area contributed by atoms with Crippen LogP contribution in [0.5, 0.6) is 0 Å². The number of nitrogens with zero attached hydrogens (tertiary/aromatic N) is 1. The number of hydrogen-bond donors (Lipinski definition) is 0. The van der Waals surface area contributed by atoms with E-state index in [9.17, 15) is 4.91 Å². The van der Waals surface area contributed by atoms with E-state index in [1.165, 1.54) is 5.56 Å². The SMILES string of the molecule is COCOC[C@@]1(c2ccccc2)C[C@H]1CN=O. The van der Waals surface area contributed by atoms with Gasteiger partial charge in [-0.2, -0.15) is 4.91 Å². The maximum absolute atomic E-state index is 10.4. The largest absolute Gasteiger partial charge is 0.359 e. The summed E-state index contributed by atoms with van der Waals surface area (Å²) in [6, 6.07) is 10.2.